The monoisotopic (exact) mass is 566 g/mol. The van der Waals surface area contributed by atoms with Gasteiger partial charge in [0, 0.05) is 23.3 Å². The zero-order valence-corrected chi connectivity index (χ0v) is 20.7. The van der Waals surface area contributed by atoms with E-state index in [-0.39, 0.29) is 5.41 Å². The number of benzene rings is 2. The Hall–Kier alpha value is 0.360. The summed E-state index contributed by atoms with van der Waals surface area (Å²) >= 11 is 14.6. The summed E-state index contributed by atoms with van der Waals surface area (Å²) in [6.45, 7) is 12.7. The van der Waals surface area contributed by atoms with E-state index < -0.39 is 0 Å². The molecule has 2 aromatic carbocycles. The maximum absolute atomic E-state index is 3.65. The highest BCUT2D eigenvalue weighted by atomic mass is 79.9. The minimum atomic E-state index is -0.0858. The van der Waals surface area contributed by atoms with Crippen molar-refractivity contribution in [3.8, 4) is 0 Å². The molecular formula is C19H22Br4. The summed E-state index contributed by atoms with van der Waals surface area (Å²) in [7, 11) is 0. The van der Waals surface area contributed by atoms with Crippen molar-refractivity contribution in [2.75, 3.05) is 0 Å². The Morgan fingerprint density at radius 1 is 0.609 bits per heavy atom. The fourth-order valence-electron chi connectivity index (χ4n) is 2.18. The van der Waals surface area contributed by atoms with Crippen molar-refractivity contribution in [2.24, 2.45) is 0 Å². The van der Waals surface area contributed by atoms with Gasteiger partial charge in [0.05, 0.1) is 0 Å². The van der Waals surface area contributed by atoms with Crippen molar-refractivity contribution in [3.05, 3.63) is 64.4 Å². The smallest absolute Gasteiger partial charge is 0.0218 e. The van der Waals surface area contributed by atoms with Gasteiger partial charge in [-0.15, -0.1) is 0 Å². The summed E-state index contributed by atoms with van der Waals surface area (Å²) in [5, 5.41) is 0. The van der Waals surface area contributed by atoms with Gasteiger partial charge in [0.15, 0.2) is 0 Å². The topological polar surface area (TPSA) is 0 Å². The summed E-state index contributed by atoms with van der Waals surface area (Å²) in [4.78, 5) is 0. The highest BCUT2D eigenvalue weighted by molar-refractivity contribution is 9.11. The first kappa shape index (κ1) is 21.4. The molecule has 0 amide bonds. The summed E-state index contributed by atoms with van der Waals surface area (Å²) in [6.07, 6.45) is 0. The van der Waals surface area contributed by atoms with Crippen LogP contribution in [0.5, 0.6) is 0 Å². The summed E-state index contributed by atoms with van der Waals surface area (Å²) < 4.78 is 4.52. The van der Waals surface area contributed by atoms with Gasteiger partial charge in [0.2, 0.25) is 0 Å². The van der Waals surface area contributed by atoms with Gasteiger partial charge in [-0.2, -0.15) is 0 Å². The lowest BCUT2D eigenvalue weighted by Crippen LogP contribution is -2.19. The third-order valence-corrected chi connectivity index (χ3v) is 7.30. The van der Waals surface area contributed by atoms with Crippen molar-refractivity contribution in [2.45, 2.75) is 47.0 Å². The first-order valence-electron chi connectivity index (χ1n) is 7.57. The van der Waals surface area contributed by atoms with Crippen LogP contribution in [0.25, 0.3) is 0 Å². The van der Waals surface area contributed by atoms with Crippen molar-refractivity contribution >= 4 is 63.7 Å². The molecule has 0 saturated carbocycles. The number of hydrogen-bond donors (Lipinski definition) is 0. The average molecular weight is 570 g/mol. The highest BCUT2D eigenvalue weighted by Gasteiger charge is 2.25. The molecule has 0 aliphatic heterocycles. The van der Waals surface area contributed by atoms with Crippen LogP contribution < -0.4 is 0 Å². The predicted molar refractivity (Wildman–Crippen MR) is 117 cm³/mol. The fraction of sp³-hybridized carbons (Fsp3) is 0.368. The van der Waals surface area contributed by atoms with Gasteiger partial charge in [-0.1, -0.05) is 91.4 Å². The molecule has 0 aromatic heterocycles. The van der Waals surface area contributed by atoms with E-state index >= 15 is 0 Å². The van der Waals surface area contributed by atoms with Gasteiger partial charge < -0.3 is 0 Å². The maximum Gasteiger partial charge on any atom is 0.0218 e. The molecule has 0 nitrogen and oxygen atoms in total. The Balaban J connectivity index is 0.00000127. The molecule has 0 spiro atoms. The zero-order chi connectivity index (χ0) is 17.9. The molecular weight excluding hydrogens is 548 g/mol. The third kappa shape index (κ3) is 4.71. The van der Waals surface area contributed by atoms with Crippen LogP contribution in [0.1, 0.15) is 49.9 Å². The van der Waals surface area contributed by atoms with Crippen LogP contribution in [0.3, 0.4) is 0 Å². The van der Waals surface area contributed by atoms with E-state index in [9.17, 15) is 0 Å². The van der Waals surface area contributed by atoms with Crippen molar-refractivity contribution in [3.63, 3.8) is 0 Å². The summed E-state index contributed by atoms with van der Waals surface area (Å²) in [6, 6.07) is 8.84. The standard InChI is InChI=1S/C17H16Br4.C2H6/c1-9-13(18)5-11(6-14(9)19)17(3,4)12-7-15(20)10(2)16(21)8-12;1-2/h5-8H,1-4H3;1-2H3. The van der Waals surface area contributed by atoms with E-state index in [2.05, 4.69) is 116 Å². The van der Waals surface area contributed by atoms with Crippen LogP contribution in [0.4, 0.5) is 0 Å². The molecule has 0 aliphatic rings. The van der Waals surface area contributed by atoms with Gasteiger partial charge in [-0.25, -0.2) is 0 Å². The van der Waals surface area contributed by atoms with Crippen LogP contribution >= 0.6 is 63.7 Å². The fourth-order valence-corrected chi connectivity index (χ4v) is 4.55. The van der Waals surface area contributed by atoms with Gasteiger partial charge in [-0.3, -0.25) is 0 Å². The Morgan fingerprint density at radius 3 is 1.04 bits per heavy atom. The largest absolute Gasteiger partial charge is 0.0683 e. The number of hydrogen-bond acceptors (Lipinski definition) is 0. The Labute approximate surface area is 174 Å². The summed E-state index contributed by atoms with van der Waals surface area (Å²) in [5.74, 6) is 0. The van der Waals surface area contributed by atoms with Crippen LogP contribution in [0.2, 0.25) is 0 Å². The second-order valence-corrected chi connectivity index (χ2v) is 9.17. The lowest BCUT2D eigenvalue weighted by atomic mass is 9.78. The Kier molecular flexibility index (Phi) is 8.04. The average Bonchev–Trinajstić information content (AvgIpc) is 2.51. The zero-order valence-electron chi connectivity index (χ0n) is 14.3. The van der Waals surface area contributed by atoms with E-state index in [1.807, 2.05) is 13.8 Å². The van der Waals surface area contributed by atoms with E-state index in [0.717, 1.165) is 17.9 Å². The normalized spacial score (nSPS) is 11.0. The van der Waals surface area contributed by atoms with E-state index in [1.54, 1.807) is 0 Å². The molecule has 4 heteroatoms. The van der Waals surface area contributed by atoms with Crippen molar-refractivity contribution < 1.29 is 0 Å². The molecule has 23 heavy (non-hydrogen) atoms. The minimum absolute atomic E-state index is 0.0858. The molecule has 0 aliphatic carbocycles. The SMILES string of the molecule is CC.Cc1c(Br)cc(C(C)(C)c2cc(Br)c(C)c(Br)c2)cc1Br. The van der Waals surface area contributed by atoms with Crippen molar-refractivity contribution in [1.29, 1.82) is 0 Å². The van der Waals surface area contributed by atoms with E-state index in [0.29, 0.717) is 0 Å². The molecule has 0 radical (unpaired) electrons. The Morgan fingerprint density at radius 2 is 0.826 bits per heavy atom. The van der Waals surface area contributed by atoms with Crippen LogP contribution in [0.15, 0.2) is 42.2 Å². The molecule has 2 rings (SSSR count). The second-order valence-electron chi connectivity index (χ2n) is 5.75. The van der Waals surface area contributed by atoms with Crippen molar-refractivity contribution in [1.82, 2.24) is 0 Å². The van der Waals surface area contributed by atoms with E-state index in [4.69, 9.17) is 0 Å². The first-order valence-corrected chi connectivity index (χ1v) is 10.7. The molecule has 0 saturated heterocycles. The van der Waals surface area contributed by atoms with Crippen LogP contribution in [0, 0.1) is 13.8 Å². The first-order chi connectivity index (χ1) is 10.6. The minimum Gasteiger partial charge on any atom is -0.0683 e. The van der Waals surface area contributed by atoms with Gasteiger partial charge in [0.1, 0.15) is 0 Å². The van der Waals surface area contributed by atoms with Gasteiger partial charge in [-0.05, 0) is 60.4 Å². The number of rotatable bonds is 2. The number of halogens is 4. The third-order valence-electron chi connectivity index (χ3n) is 4.01. The Bertz CT molecular complexity index is 597. The van der Waals surface area contributed by atoms with E-state index in [1.165, 1.54) is 22.3 Å². The molecule has 0 heterocycles. The van der Waals surface area contributed by atoms with Gasteiger partial charge >= 0.3 is 0 Å². The summed E-state index contributed by atoms with van der Waals surface area (Å²) in [5.41, 5.74) is 4.91. The molecule has 0 atom stereocenters. The van der Waals surface area contributed by atoms with Gasteiger partial charge in [0.25, 0.3) is 0 Å². The molecule has 0 fully saturated rings. The molecule has 0 bridgehead atoms. The molecule has 0 N–H and O–H groups in total. The second kappa shape index (κ2) is 8.64. The predicted octanol–water partition coefficient (Wildman–Crippen LogP) is 8.71. The maximum atomic E-state index is 3.65. The molecule has 2 aromatic rings. The quantitative estimate of drug-likeness (QED) is 0.339. The van der Waals surface area contributed by atoms with Crippen LogP contribution in [-0.4, -0.2) is 0 Å². The van der Waals surface area contributed by atoms with Crippen LogP contribution in [-0.2, 0) is 5.41 Å². The highest BCUT2D eigenvalue weighted by Crippen LogP contribution is 2.39. The molecule has 126 valence electrons. The molecule has 0 unspecified atom stereocenters. The lowest BCUT2D eigenvalue weighted by Gasteiger charge is -2.28. The lowest BCUT2D eigenvalue weighted by molar-refractivity contribution is 0.638.